The van der Waals surface area contributed by atoms with E-state index in [9.17, 15) is 4.79 Å². The number of fused-ring (bicyclic) bond motifs is 1. The Morgan fingerprint density at radius 1 is 0.833 bits per heavy atom. The molecule has 0 amide bonds. The third-order valence-corrected chi connectivity index (χ3v) is 3.69. The van der Waals surface area contributed by atoms with Gasteiger partial charge in [-0.25, -0.2) is 9.97 Å². The molecule has 5 nitrogen and oxygen atoms in total. The number of para-hydroxylation sites is 2. The van der Waals surface area contributed by atoms with Gasteiger partial charge in [-0.05, 0) is 36.4 Å². The molecule has 116 valence electrons. The maximum Gasteiger partial charge on any atom is 0.284 e. The molecule has 0 radical (unpaired) electrons. The molecular formula is C19H14N4O. The van der Waals surface area contributed by atoms with Gasteiger partial charge in [0, 0.05) is 5.69 Å². The van der Waals surface area contributed by atoms with E-state index in [1.165, 1.54) is 10.9 Å². The molecule has 4 aromatic rings. The molecule has 0 fully saturated rings. The fourth-order valence-electron chi connectivity index (χ4n) is 2.51. The van der Waals surface area contributed by atoms with E-state index in [4.69, 9.17) is 0 Å². The van der Waals surface area contributed by atoms with E-state index >= 15 is 0 Å². The Labute approximate surface area is 138 Å². The van der Waals surface area contributed by atoms with Gasteiger partial charge in [0.1, 0.15) is 12.1 Å². The predicted molar refractivity (Wildman–Crippen MR) is 94.9 cm³/mol. The van der Waals surface area contributed by atoms with E-state index in [0.29, 0.717) is 16.9 Å². The maximum atomic E-state index is 12.8. The molecule has 0 atom stereocenters. The lowest BCUT2D eigenvalue weighted by molar-refractivity contribution is 0.956. The third kappa shape index (κ3) is 2.63. The predicted octanol–water partition coefficient (Wildman–Crippen LogP) is 3.52. The monoisotopic (exact) mass is 314 g/mol. The van der Waals surface area contributed by atoms with Gasteiger partial charge in [0.15, 0.2) is 5.52 Å². The summed E-state index contributed by atoms with van der Waals surface area (Å²) in [5, 5.41) is 3.20. The van der Waals surface area contributed by atoms with E-state index in [-0.39, 0.29) is 5.56 Å². The van der Waals surface area contributed by atoms with Gasteiger partial charge in [0.25, 0.3) is 5.56 Å². The highest BCUT2D eigenvalue weighted by Crippen LogP contribution is 2.16. The quantitative estimate of drug-likeness (QED) is 0.628. The largest absolute Gasteiger partial charge is 0.340 e. The molecule has 0 aliphatic heterocycles. The zero-order chi connectivity index (χ0) is 16.4. The first-order chi connectivity index (χ1) is 11.8. The molecule has 1 N–H and O–H groups in total. The number of hydrogen-bond acceptors (Lipinski definition) is 4. The molecule has 4 rings (SSSR count). The lowest BCUT2D eigenvalue weighted by Crippen LogP contribution is -2.20. The molecule has 0 saturated carbocycles. The number of aromatic nitrogens is 3. The van der Waals surface area contributed by atoms with Crippen molar-refractivity contribution in [3.63, 3.8) is 0 Å². The maximum absolute atomic E-state index is 12.8. The molecular weight excluding hydrogens is 300 g/mol. The number of anilines is 2. The number of benzene rings is 2. The van der Waals surface area contributed by atoms with Crippen molar-refractivity contribution in [1.29, 1.82) is 0 Å². The normalized spacial score (nSPS) is 10.7. The second-order valence-corrected chi connectivity index (χ2v) is 5.31. The number of rotatable bonds is 3. The van der Waals surface area contributed by atoms with Gasteiger partial charge in [-0.3, -0.25) is 9.36 Å². The molecule has 24 heavy (non-hydrogen) atoms. The highest BCUT2D eigenvalue weighted by Gasteiger charge is 2.08. The minimum absolute atomic E-state index is 0.192. The van der Waals surface area contributed by atoms with Gasteiger partial charge >= 0.3 is 0 Å². The Hall–Kier alpha value is -3.47. The van der Waals surface area contributed by atoms with E-state index in [1.54, 1.807) is 6.07 Å². The van der Waals surface area contributed by atoms with Gasteiger partial charge in [-0.15, -0.1) is 0 Å². The van der Waals surface area contributed by atoms with Crippen LogP contribution in [-0.2, 0) is 0 Å². The second-order valence-electron chi connectivity index (χ2n) is 5.31. The van der Waals surface area contributed by atoms with Crippen molar-refractivity contribution in [1.82, 2.24) is 14.5 Å². The summed E-state index contributed by atoms with van der Waals surface area (Å²) in [6.45, 7) is 0. The number of nitrogens with zero attached hydrogens (tertiary/aromatic N) is 3. The Balaban J connectivity index is 1.81. The van der Waals surface area contributed by atoms with Crippen molar-refractivity contribution in [3.05, 3.63) is 89.5 Å². The van der Waals surface area contributed by atoms with Crippen LogP contribution in [0.2, 0.25) is 0 Å². The van der Waals surface area contributed by atoms with Crippen molar-refractivity contribution in [3.8, 4) is 5.69 Å². The van der Waals surface area contributed by atoms with Crippen molar-refractivity contribution in [2.75, 3.05) is 5.32 Å². The highest BCUT2D eigenvalue weighted by molar-refractivity contribution is 5.76. The SMILES string of the molecule is O=c1c2nc(Nc3ccccc3)ccc2ncn1-c1ccccc1. The average Bonchev–Trinajstić information content (AvgIpc) is 2.64. The van der Waals surface area contributed by atoms with Crippen LogP contribution in [0.1, 0.15) is 0 Å². The zero-order valence-corrected chi connectivity index (χ0v) is 12.8. The summed E-state index contributed by atoms with van der Waals surface area (Å²) in [5.74, 6) is 0.610. The van der Waals surface area contributed by atoms with Crippen LogP contribution in [0.4, 0.5) is 11.5 Å². The zero-order valence-electron chi connectivity index (χ0n) is 12.8. The molecule has 0 saturated heterocycles. The highest BCUT2D eigenvalue weighted by atomic mass is 16.1. The lowest BCUT2D eigenvalue weighted by Gasteiger charge is -2.08. The Morgan fingerprint density at radius 3 is 2.29 bits per heavy atom. The van der Waals surface area contributed by atoms with Gasteiger partial charge in [0.2, 0.25) is 0 Å². The minimum Gasteiger partial charge on any atom is -0.340 e. The van der Waals surface area contributed by atoms with Crippen molar-refractivity contribution < 1.29 is 0 Å². The standard InChI is InChI=1S/C19H14N4O/c24-19-18-16(20-13-23(19)15-9-5-2-6-10-15)11-12-17(22-18)21-14-7-3-1-4-8-14/h1-13H,(H,21,22). The molecule has 2 aromatic carbocycles. The summed E-state index contributed by atoms with van der Waals surface area (Å²) in [6.07, 6.45) is 1.53. The summed E-state index contributed by atoms with van der Waals surface area (Å²) >= 11 is 0. The molecule has 0 unspecified atom stereocenters. The molecule has 2 aromatic heterocycles. The lowest BCUT2D eigenvalue weighted by atomic mass is 10.3. The van der Waals surface area contributed by atoms with Crippen molar-refractivity contribution >= 4 is 22.5 Å². The third-order valence-electron chi connectivity index (χ3n) is 3.69. The van der Waals surface area contributed by atoms with Crippen LogP contribution >= 0.6 is 0 Å². The van der Waals surface area contributed by atoms with E-state index in [0.717, 1.165) is 11.4 Å². The van der Waals surface area contributed by atoms with Crippen molar-refractivity contribution in [2.24, 2.45) is 0 Å². The number of nitrogens with one attached hydrogen (secondary N) is 1. The fraction of sp³-hybridized carbons (Fsp3) is 0. The first-order valence-electron chi connectivity index (χ1n) is 7.57. The van der Waals surface area contributed by atoms with Crippen LogP contribution in [0.5, 0.6) is 0 Å². The van der Waals surface area contributed by atoms with E-state index in [1.807, 2.05) is 66.7 Å². The molecule has 5 heteroatoms. The van der Waals surface area contributed by atoms with E-state index < -0.39 is 0 Å². The Morgan fingerprint density at radius 2 is 1.54 bits per heavy atom. The number of hydrogen-bond donors (Lipinski definition) is 1. The van der Waals surface area contributed by atoms with Gasteiger partial charge in [-0.2, -0.15) is 0 Å². The molecule has 0 bridgehead atoms. The molecule has 0 aliphatic rings. The Bertz CT molecular complexity index is 1040. The number of pyridine rings is 1. The first-order valence-corrected chi connectivity index (χ1v) is 7.57. The van der Waals surface area contributed by atoms with Crippen LogP contribution in [-0.4, -0.2) is 14.5 Å². The summed E-state index contributed by atoms with van der Waals surface area (Å²) in [4.78, 5) is 21.6. The molecule has 0 spiro atoms. The fourth-order valence-corrected chi connectivity index (χ4v) is 2.51. The summed E-state index contributed by atoms with van der Waals surface area (Å²) in [7, 11) is 0. The van der Waals surface area contributed by atoms with Crippen LogP contribution in [0.3, 0.4) is 0 Å². The summed E-state index contributed by atoms with van der Waals surface area (Å²) < 4.78 is 1.50. The van der Waals surface area contributed by atoms with Gasteiger partial charge in [-0.1, -0.05) is 36.4 Å². The minimum atomic E-state index is -0.192. The van der Waals surface area contributed by atoms with Crippen LogP contribution in [0.25, 0.3) is 16.7 Å². The van der Waals surface area contributed by atoms with Crippen LogP contribution < -0.4 is 10.9 Å². The average molecular weight is 314 g/mol. The van der Waals surface area contributed by atoms with E-state index in [2.05, 4.69) is 15.3 Å². The van der Waals surface area contributed by atoms with Crippen LogP contribution in [0, 0.1) is 0 Å². The second kappa shape index (κ2) is 5.96. The topological polar surface area (TPSA) is 59.8 Å². The summed E-state index contributed by atoms with van der Waals surface area (Å²) in [5.41, 5.74) is 2.40. The molecule has 0 aliphatic carbocycles. The van der Waals surface area contributed by atoms with Gasteiger partial charge in [0.05, 0.1) is 11.2 Å². The van der Waals surface area contributed by atoms with Crippen LogP contribution in [0.15, 0.2) is 83.9 Å². The summed E-state index contributed by atoms with van der Waals surface area (Å²) in [6, 6.07) is 22.7. The van der Waals surface area contributed by atoms with Crippen molar-refractivity contribution in [2.45, 2.75) is 0 Å². The first kappa shape index (κ1) is 14.1. The van der Waals surface area contributed by atoms with Gasteiger partial charge < -0.3 is 5.32 Å². The molecule has 2 heterocycles. The smallest absolute Gasteiger partial charge is 0.284 e. The Kier molecular flexibility index (Phi) is 3.51.